The summed E-state index contributed by atoms with van der Waals surface area (Å²) in [6, 6.07) is 14.4. The molecule has 0 bridgehead atoms. The van der Waals surface area contributed by atoms with Crippen LogP contribution in [0.1, 0.15) is 67.6 Å². The molecule has 2 aliphatic heterocycles. The molecule has 1 unspecified atom stereocenters. The van der Waals surface area contributed by atoms with Gasteiger partial charge in [0, 0.05) is 18.0 Å². The van der Waals surface area contributed by atoms with Crippen LogP contribution >= 0.6 is 0 Å². The Morgan fingerprint density at radius 2 is 1.79 bits per heavy atom. The fourth-order valence-electron chi connectivity index (χ4n) is 4.38. The van der Waals surface area contributed by atoms with Crippen molar-refractivity contribution in [2.45, 2.75) is 50.9 Å². The summed E-state index contributed by atoms with van der Waals surface area (Å²) < 4.78 is 6.34. The van der Waals surface area contributed by atoms with Gasteiger partial charge < -0.3 is 15.2 Å². The summed E-state index contributed by atoms with van der Waals surface area (Å²) in [7, 11) is 0. The molecule has 0 amide bonds. The molecule has 0 radical (unpaired) electrons. The first kappa shape index (κ1) is 19.6. The molecule has 2 heterocycles. The first-order valence-electron chi connectivity index (χ1n) is 11.0. The maximum atomic E-state index is 10.1. The van der Waals surface area contributed by atoms with Crippen LogP contribution in [-0.2, 0) is 0 Å². The average Bonchev–Trinajstić information content (AvgIpc) is 2.75. The highest BCUT2D eigenvalue weighted by Gasteiger charge is 2.20. The molecule has 2 aromatic rings. The molecule has 0 aromatic heterocycles. The van der Waals surface area contributed by atoms with Crippen LogP contribution in [0.3, 0.4) is 0 Å². The lowest BCUT2D eigenvalue weighted by molar-refractivity contribution is 0.298. The number of nitrogens with one attached hydrogen (secondary N) is 1. The highest BCUT2D eigenvalue weighted by molar-refractivity contribution is 5.76. The third-order valence-corrected chi connectivity index (χ3v) is 5.96. The van der Waals surface area contributed by atoms with Crippen molar-refractivity contribution in [1.29, 1.82) is 0 Å². The Labute approximate surface area is 174 Å². The Balaban J connectivity index is 1.73. The van der Waals surface area contributed by atoms with Crippen LogP contribution in [0.4, 0.5) is 0 Å². The van der Waals surface area contributed by atoms with Crippen molar-refractivity contribution in [3.05, 3.63) is 77.5 Å². The predicted molar refractivity (Wildman–Crippen MR) is 119 cm³/mol. The van der Waals surface area contributed by atoms with E-state index in [2.05, 4.69) is 41.7 Å². The number of allylic oxidation sites excluding steroid dienone is 2. The van der Waals surface area contributed by atoms with Gasteiger partial charge in [0.1, 0.15) is 11.5 Å². The van der Waals surface area contributed by atoms with Crippen molar-refractivity contribution in [3.8, 4) is 11.5 Å². The highest BCUT2D eigenvalue weighted by atomic mass is 16.5. The van der Waals surface area contributed by atoms with Gasteiger partial charge in [-0.3, -0.25) is 0 Å². The Hall–Kier alpha value is -2.68. The van der Waals surface area contributed by atoms with Crippen LogP contribution in [0.25, 0.3) is 5.57 Å². The zero-order valence-corrected chi connectivity index (χ0v) is 17.1. The van der Waals surface area contributed by atoms with Crippen molar-refractivity contribution in [3.63, 3.8) is 0 Å². The molecule has 0 fully saturated rings. The third-order valence-electron chi connectivity index (χ3n) is 5.96. The molecule has 0 saturated heterocycles. The van der Waals surface area contributed by atoms with Gasteiger partial charge in [-0.1, -0.05) is 62.4 Å². The van der Waals surface area contributed by atoms with Gasteiger partial charge in [0.05, 0.1) is 6.61 Å². The fourth-order valence-corrected chi connectivity index (χ4v) is 4.38. The molecule has 0 aliphatic carbocycles. The van der Waals surface area contributed by atoms with Gasteiger partial charge in [0.15, 0.2) is 0 Å². The van der Waals surface area contributed by atoms with Gasteiger partial charge in [-0.25, -0.2) is 0 Å². The number of aromatic hydroxyl groups is 1. The van der Waals surface area contributed by atoms with E-state index in [9.17, 15) is 5.11 Å². The second kappa shape index (κ2) is 9.69. The number of rotatable bonds is 2. The van der Waals surface area contributed by atoms with Crippen molar-refractivity contribution < 1.29 is 9.84 Å². The van der Waals surface area contributed by atoms with Crippen LogP contribution in [0.2, 0.25) is 0 Å². The van der Waals surface area contributed by atoms with E-state index in [0.717, 1.165) is 31.7 Å². The summed E-state index contributed by atoms with van der Waals surface area (Å²) >= 11 is 0. The zero-order valence-electron chi connectivity index (χ0n) is 17.1. The molecule has 2 aliphatic rings. The topological polar surface area (TPSA) is 41.5 Å². The third kappa shape index (κ3) is 5.03. The molecule has 3 nitrogen and oxygen atoms in total. The summed E-state index contributed by atoms with van der Waals surface area (Å²) in [4.78, 5) is 0. The lowest BCUT2D eigenvalue weighted by Crippen LogP contribution is -2.10. The number of dihydropyridines is 1. The molecular weight excluding hydrogens is 358 g/mol. The predicted octanol–water partition coefficient (Wildman–Crippen LogP) is 6.15. The Morgan fingerprint density at radius 3 is 2.62 bits per heavy atom. The van der Waals surface area contributed by atoms with E-state index in [4.69, 9.17) is 4.74 Å². The Kier molecular flexibility index (Phi) is 6.56. The van der Waals surface area contributed by atoms with Crippen molar-refractivity contribution >= 4 is 5.57 Å². The zero-order chi connectivity index (χ0) is 19.9. The lowest BCUT2D eigenvalue weighted by Gasteiger charge is -2.23. The van der Waals surface area contributed by atoms with Crippen LogP contribution in [0.5, 0.6) is 11.5 Å². The molecule has 1 atom stereocenters. The number of benzene rings is 2. The van der Waals surface area contributed by atoms with E-state index < -0.39 is 0 Å². The lowest BCUT2D eigenvalue weighted by atomic mass is 9.85. The smallest absolute Gasteiger partial charge is 0.123 e. The van der Waals surface area contributed by atoms with Gasteiger partial charge in [-0.05, 0) is 60.0 Å². The second-order valence-electron chi connectivity index (χ2n) is 8.06. The number of phenolic OH excluding ortho intramolecular Hbond substituents is 1. The van der Waals surface area contributed by atoms with E-state index in [1.165, 1.54) is 54.4 Å². The second-order valence-corrected chi connectivity index (χ2v) is 8.06. The van der Waals surface area contributed by atoms with E-state index in [-0.39, 0.29) is 5.92 Å². The van der Waals surface area contributed by atoms with Crippen LogP contribution in [0.15, 0.2) is 60.8 Å². The first-order chi connectivity index (χ1) is 14.3. The highest BCUT2D eigenvalue weighted by Crippen LogP contribution is 2.39. The molecular formula is C26H31NO2. The number of phenols is 1. The molecule has 152 valence electrons. The molecule has 4 rings (SSSR count). The largest absolute Gasteiger partial charge is 0.508 e. The van der Waals surface area contributed by atoms with E-state index in [1.807, 2.05) is 18.3 Å². The number of ether oxygens (including phenoxy) is 1. The van der Waals surface area contributed by atoms with Gasteiger partial charge in [0.2, 0.25) is 0 Å². The Morgan fingerprint density at radius 1 is 0.931 bits per heavy atom. The van der Waals surface area contributed by atoms with Crippen LogP contribution in [0, 0.1) is 0 Å². The van der Waals surface area contributed by atoms with Gasteiger partial charge in [-0.2, -0.15) is 0 Å². The fraction of sp³-hybridized carbons (Fsp3) is 0.385. The van der Waals surface area contributed by atoms with E-state index in [1.54, 1.807) is 6.07 Å². The maximum Gasteiger partial charge on any atom is 0.123 e. The van der Waals surface area contributed by atoms with E-state index >= 15 is 0 Å². The minimum atomic E-state index is 0.239. The minimum Gasteiger partial charge on any atom is -0.508 e. The van der Waals surface area contributed by atoms with Crippen molar-refractivity contribution in [2.75, 3.05) is 13.2 Å². The summed E-state index contributed by atoms with van der Waals surface area (Å²) in [5, 5.41) is 13.3. The standard InChI is InChI=1S/C26H31NO2/c28-23-9-7-8-22(18-23)24-10-5-3-1-2-4-6-17-29-26-19-21(11-12-25(24)26)20-13-15-27-16-14-20/h7-9,11-15,18-19,24,27-28H,1-6,10,16-17H2. The van der Waals surface area contributed by atoms with Crippen LogP contribution in [-0.4, -0.2) is 18.3 Å². The summed E-state index contributed by atoms with van der Waals surface area (Å²) in [6.07, 6.45) is 14.8. The van der Waals surface area contributed by atoms with E-state index in [0.29, 0.717) is 5.75 Å². The van der Waals surface area contributed by atoms with Gasteiger partial charge in [0.25, 0.3) is 0 Å². The quantitative estimate of drug-likeness (QED) is 0.647. The summed E-state index contributed by atoms with van der Waals surface area (Å²) in [5.74, 6) is 1.56. The first-order valence-corrected chi connectivity index (χ1v) is 11.0. The summed E-state index contributed by atoms with van der Waals surface area (Å²) in [5.41, 5.74) is 4.83. The van der Waals surface area contributed by atoms with Crippen LogP contribution < -0.4 is 10.1 Å². The normalized spacial score (nSPS) is 20.3. The number of fused-ring (bicyclic) bond motifs is 1. The molecule has 29 heavy (non-hydrogen) atoms. The SMILES string of the molecule is Oc1cccc(C2CCCCCCCCOc3cc(C4=CCNC=C4)ccc32)c1. The van der Waals surface area contributed by atoms with Crippen molar-refractivity contribution in [1.82, 2.24) is 5.32 Å². The summed E-state index contributed by atoms with van der Waals surface area (Å²) in [6.45, 7) is 1.62. The van der Waals surface area contributed by atoms with Gasteiger partial charge >= 0.3 is 0 Å². The molecule has 0 saturated carbocycles. The number of hydrogen-bond donors (Lipinski definition) is 2. The molecule has 2 N–H and O–H groups in total. The average molecular weight is 390 g/mol. The monoisotopic (exact) mass is 389 g/mol. The maximum absolute atomic E-state index is 10.1. The number of hydrogen-bond acceptors (Lipinski definition) is 3. The molecule has 0 spiro atoms. The Bertz CT molecular complexity index is 884. The van der Waals surface area contributed by atoms with Crippen molar-refractivity contribution in [2.24, 2.45) is 0 Å². The van der Waals surface area contributed by atoms with Gasteiger partial charge in [-0.15, -0.1) is 0 Å². The minimum absolute atomic E-state index is 0.239. The molecule has 2 aromatic carbocycles. The molecule has 3 heteroatoms.